The maximum Gasteiger partial charge on any atom is -0.0279 e. The summed E-state index contributed by atoms with van der Waals surface area (Å²) in [4.78, 5) is 0. The Balaban J connectivity index is 0.000000139. The van der Waals surface area contributed by atoms with Crippen LogP contribution in [0.25, 0.3) is 43.8 Å². The minimum atomic E-state index is -1.88. The minimum Gasteiger partial charge on any atom is -0.168 e. The molecule has 0 saturated heterocycles. The van der Waals surface area contributed by atoms with Crippen molar-refractivity contribution >= 4 is 42.5 Å². The molecular weight excluding hydrogens is 634 g/mol. The third kappa shape index (κ3) is 6.76. The number of hydrogen-bond acceptors (Lipinski definition) is 0. The molecule has 6 aromatic rings. The molecule has 0 aromatic heterocycles. The molecule has 0 amide bonds. The predicted molar refractivity (Wildman–Crippen MR) is 153 cm³/mol. The van der Waals surface area contributed by atoms with E-state index >= 15 is 0 Å². The van der Waals surface area contributed by atoms with E-state index in [1.807, 2.05) is 10.7 Å². The molecule has 0 unspecified atom stereocenters. The van der Waals surface area contributed by atoms with Crippen LogP contribution in [0, 0.1) is 0 Å². The van der Waals surface area contributed by atoms with Crippen molar-refractivity contribution in [3.63, 3.8) is 0 Å². The molecule has 0 aliphatic heterocycles. The van der Waals surface area contributed by atoms with E-state index in [4.69, 9.17) is 17.2 Å². The standard InChI is InChI=1S/2C15H11.C2H4.2ClH.Hf/c2*1-2-6-12(7-3-1)14-10-4-8-13-9-5-11-15(13)14;1-2;;;/h2*1-11H;1H,2H3;2*1H;/q2*-1;;;;+2/p-2. The average Bonchev–Trinajstić information content (AvgIpc) is 3.60. The Morgan fingerprint density at radius 3 is 1.31 bits per heavy atom. The summed E-state index contributed by atoms with van der Waals surface area (Å²) in [5, 5.41) is 5.31. The van der Waals surface area contributed by atoms with E-state index in [0.29, 0.717) is 0 Å². The third-order valence-corrected chi connectivity index (χ3v) is 10.9. The van der Waals surface area contributed by atoms with E-state index in [1.165, 1.54) is 43.8 Å². The molecule has 3 heteroatoms. The molecule has 6 aromatic carbocycles. The summed E-state index contributed by atoms with van der Waals surface area (Å²) in [6, 6.07) is 46.8. The van der Waals surface area contributed by atoms with Gasteiger partial charge in [0.05, 0.1) is 0 Å². The quantitative estimate of drug-likeness (QED) is 0.128. The van der Waals surface area contributed by atoms with Gasteiger partial charge in [0.1, 0.15) is 0 Å². The van der Waals surface area contributed by atoms with Crippen molar-refractivity contribution in [2.24, 2.45) is 0 Å². The SMILES string of the molecule is C[CH]=[Hf]([Cl])[Cl].c1ccc(-c2cccc3[cH-]ccc23)cc1.c1ccc(-c2cccc3[cH-]ccc23)cc1. The van der Waals surface area contributed by atoms with Gasteiger partial charge in [-0.3, -0.25) is 0 Å². The second kappa shape index (κ2) is 12.9. The maximum absolute atomic E-state index is 5.39. The van der Waals surface area contributed by atoms with Crippen molar-refractivity contribution in [1.82, 2.24) is 0 Å². The molecule has 0 bridgehead atoms. The second-order valence-corrected chi connectivity index (χ2v) is 20.4. The summed E-state index contributed by atoms with van der Waals surface area (Å²) >= 11 is -1.88. The van der Waals surface area contributed by atoms with E-state index in [-0.39, 0.29) is 0 Å². The van der Waals surface area contributed by atoms with E-state index < -0.39 is 18.6 Å². The van der Waals surface area contributed by atoms with Gasteiger partial charge in [-0.05, 0) is 11.1 Å². The zero-order chi connectivity index (χ0) is 24.5. The number of halogens is 2. The van der Waals surface area contributed by atoms with Crippen LogP contribution in [-0.2, 0) is 18.6 Å². The van der Waals surface area contributed by atoms with Gasteiger partial charge in [-0.25, -0.2) is 0 Å². The smallest absolute Gasteiger partial charge is 0.0279 e. The molecule has 0 saturated carbocycles. The number of benzene rings is 4. The zero-order valence-corrected chi connectivity index (χ0v) is 24.6. The topological polar surface area (TPSA) is 0 Å². The van der Waals surface area contributed by atoms with Crippen molar-refractivity contribution in [2.45, 2.75) is 6.92 Å². The molecule has 0 nitrogen and oxygen atoms in total. The predicted octanol–water partition coefficient (Wildman–Crippen LogP) is 10.2. The van der Waals surface area contributed by atoms with Crippen molar-refractivity contribution in [3.05, 3.63) is 133 Å². The monoisotopic (exact) mass is 660 g/mol. The normalized spacial score (nSPS) is 10.1. The second-order valence-electron chi connectivity index (χ2n) is 7.98. The first-order valence-electron chi connectivity index (χ1n) is 11.5. The Morgan fingerprint density at radius 1 is 0.543 bits per heavy atom. The summed E-state index contributed by atoms with van der Waals surface area (Å²) in [6.07, 6.45) is 0. The summed E-state index contributed by atoms with van der Waals surface area (Å²) in [7, 11) is 10.8. The van der Waals surface area contributed by atoms with Crippen LogP contribution in [0.15, 0.2) is 133 Å². The average molecular weight is 660 g/mol. The van der Waals surface area contributed by atoms with Gasteiger partial charge in [0, 0.05) is 0 Å². The summed E-state index contributed by atoms with van der Waals surface area (Å²) < 4.78 is 1.91. The van der Waals surface area contributed by atoms with Crippen LogP contribution in [0.3, 0.4) is 0 Å². The Labute approximate surface area is 222 Å². The summed E-state index contributed by atoms with van der Waals surface area (Å²) in [5.41, 5.74) is 5.21. The Kier molecular flexibility index (Phi) is 9.42. The van der Waals surface area contributed by atoms with Crippen LogP contribution in [-0.4, -0.2) is 3.76 Å². The molecule has 0 fully saturated rings. The Hall–Kier alpha value is -2.58. The van der Waals surface area contributed by atoms with Gasteiger partial charge >= 0.3 is 46.4 Å². The van der Waals surface area contributed by atoms with Crippen LogP contribution in [0.1, 0.15) is 6.92 Å². The van der Waals surface area contributed by atoms with Gasteiger partial charge in [0.15, 0.2) is 0 Å². The molecular formula is C32H26Cl2Hf-2. The Morgan fingerprint density at radius 2 is 0.943 bits per heavy atom. The summed E-state index contributed by atoms with van der Waals surface area (Å²) in [5.74, 6) is 0. The molecule has 6 rings (SSSR count). The first kappa shape index (κ1) is 25.5. The van der Waals surface area contributed by atoms with E-state index in [0.717, 1.165) is 0 Å². The van der Waals surface area contributed by atoms with Crippen molar-refractivity contribution in [1.29, 1.82) is 0 Å². The molecule has 0 aliphatic carbocycles. The van der Waals surface area contributed by atoms with Gasteiger partial charge in [0.25, 0.3) is 0 Å². The van der Waals surface area contributed by atoms with Gasteiger partial charge in [-0.15, -0.1) is 57.9 Å². The largest absolute Gasteiger partial charge is 0.168 e. The molecule has 0 N–H and O–H groups in total. The van der Waals surface area contributed by atoms with Gasteiger partial charge in [-0.2, -0.15) is 24.3 Å². The van der Waals surface area contributed by atoms with Gasteiger partial charge < -0.3 is 0 Å². The zero-order valence-electron chi connectivity index (χ0n) is 19.5. The van der Waals surface area contributed by atoms with Crippen molar-refractivity contribution in [3.8, 4) is 22.3 Å². The fourth-order valence-corrected chi connectivity index (χ4v) is 4.06. The fraction of sp³-hybridized carbons (Fsp3) is 0.0312. The molecule has 0 aliphatic rings. The van der Waals surface area contributed by atoms with E-state index in [2.05, 4.69) is 133 Å². The van der Waals surface area contributed by atoms with Crippen molar-refractivity contribution in [2.75, 3.05) is 0 Å². The molecule has 174 valence electrons. The Bertz CT molecular complexity index is 1400. The number of hydrogen-bond donors (Lipinski definition) is 0. The van der Waals surface area contributed by atoms with Crippen LogP contribution >= 0.6 is 17.2 Å². The molecule has 0 radical (unpaired) electrons. The third-order valence-electron chi connectivity index (χ3n) is 5.74. The fourth-order valence-electron chi connectivity index (χ4n) is 4.06. The molecule has 0 atom stereocenters. The van der Waals surface area contributed by atoms with Crippen LogP contribution in [0.5, 0.6) is 0 Å². The number of rotatable bonds is 2. The minimum absolute atomic E-state index is 1.29. The first-order valence-corrected chi connectivity index (χ1v) is 22.5. The van der Waals surface area contributed by atoms with Gasteiger partial charge in [0.2, 0.25) is 0 Å². The molecule has 0 spiro atoms. The molecule has 35 heavy (non-hydrogen) atoms. The molecule has 0 heterocycles. The van der Waals surface area contributed by atoms with Crippen LogP contribution in [0.4, 0.5) is 0 Å². The van der Waals surface area contributed by atoms with Crippen LogP contribution < -0.4 is 0 Å². The van der Waals surface area contributed by atoms with Crippen molar-refractivity contribution < 1.29 is 18.6 Å². The summed E-state index contributed by atoms with van der Waals surface area (Å²) in [6.45, 7) is 1.90. The van der Waals surface area contributed by atoms with E-state index in [1.54, 1.807) is 0 Å². The van der Waals surface area contributed by atoms with Crippen LogP contribution in [0.2, 0.25) is 0 Å². The first-order chi connectivity index (χ1) is 17.2. The number of fused-ring (bicyclic) bond motifs is 2. The van der Waals surface area contributed by atoms with Gasteiger partial charge in [-0.1, -0.05) is 83.9 Å². The maximum atomic E-state index is 5.39. The van der Waals surface area contributed by atoms with E-state index in [9.17, 15) is 0 Å².